The molecule has 0 heterocycles. The molecule has 2 aromatic carbocycles. The van der Waals surface area contributed by atoms with Crippen LogP contribution in [0.3, 0.4) is 0 Å². The van der Waals surface area contributed by atoms with Crippen molar-refractivity contribution in [2.45, 2.75) is 51.1 Å². The van der Waals surface area contributed by atoms with Gasteiger partial charge in [0.15, 0.2) is 0 Å². The van der Waals surface area contributed by atoms with Crippen LogP contribution in [-0.2, 0) is 14.3 Å². The van der Waals surface area contributed by atoms with Crippen LogP contribution in [0.25, 0.3) is 11.1 Å². The minimum Gasteiger partial charge on any atom is -0.481 e. The molecule has 0 saturated heterocycles. The number of nitrogens with one attached hydrogen (secondary N) is 1. The van der Waals surface area contributed by atoms with Crippen LogP contribution in [0.15, 0.2) is 48.5 Å². The summed E-state index contributed by atoms with van der Waals surface area (Å²) in [4.78, 5) is 38.5. The van der Waals surface area contributed by atoms with Crippen molar-refractivity contribution in [1.82, 2.24) is 10.2 Å². The highest BCUT2D eigenvalue weighted by atomic mass is 16.5. The first-order valence-electron chi connectivity index (χ1n) is 11.5. The SMILES string of the molecule is CC(C)C(NC(=O)OCC1c2ccccc2-c2ccccc21)C(=O)N(CCC(=O)O)C1CC1. The van der Waals surface area contributed by atoms with Crippen molar-refractivity contribution < 1.29 is 24.2 Å². The molecule has 2 amide bonds. The Morgan fingerprint density at radius 2 is 1.61 bits per heavy atom. The summed E-state index contributed by atoms with van der Waals surface area (Å²) in [6.45, 7) is 4.03. The molecule has 2 N–H and O–H groups in total. The van der Waals surface area contributed by atoms with Gasteiger partial charge in [-0.1, -0.05) is 62.4 Å². The Labute approximate surface area is 193 Å². The van der Waals surface area contributed by atoms with E-state index in [-0.39, 0.29) is 43.4 Å². The van der Waals surface area contributed by atoms with Gasteiger partial charge in [-0.2, -0.15) is 0 Å². The van der Waals surface area contributed by atoms with Gasteiger partial charge in [-0.15, -0.1) is 0 Å². The fourth-order valence-corrected chi connectivity index (χ4v) is 4.53. The maximum absolute atomic E-state index is 13.2. The van der Waals surface area contributed by atoms with E-state index in [9.17, 15) is 14.4 Å². The van der Waals surface area contributed by atoms with Gasteiger partial charge in [0.05, 0.1) is 6.42 Å². The van der Waals surface area contributed by atoms with Crippen molar-refractivity contribution in [3.8, 4) is 11.1 Å². The summed E-state index contributed by atoms with van der Waals surface area (Å²) in [5.41, 5.74) is 4.54. The third kappa shape index (κ3) is 5.02. The largest absolute Gasteiger partial charge is 0.481 e. The zero-order valence-electron chi connectivity index (χ0n) is 19.0. The Bertz CT molecular complexity index is 1000. The fraction of sp³-hybridized carbons (Fsp3) is 0.423. The number of hydrogen-bond donors (Lipinski definition) is 2. The standard InChI is InChI=1S/C26H30N2O5/c1-16(2)24(25(31)28(17-11-12-17)14-13-23(29)30)27-26(32)33-15-22-20-9-5-3-7-18(20)19-8-4-6-10-21(19)22/h3-10,16-17,22,24H,11-15H2,1-2H3,(H,27,32)(H,29,30). The zero-order chi connectivity index (χ0) is 23.5. The van der Waals surface area contributed by atoms with Gasteiger partial charge >= 0.3 is 12.1 Å². The summed E-state index contributed by atoms with van der Waals surface area (Å²) in [7, 11) is 0. The third-order valence-corrected chi connectivity index (χ3v) is 6.39. The third-order valence-electron chi connectivity index (χ3n) is 6.39. The number of aliphatic carboxylic acids is 1. The van der Waals surface area contributed by atoms with Crippen LogP contribution >= 0.6 is 0 Å². The Hall–Kier alpha value is -3.35. The quantitative estimate of drug-likeness (QED) is 0.602. The van der Waals surface area contributed by atoms with Crippen molar-refractivity contribution in [3.63, 3.8) is 0 Å². The Balaban J connectivity index is 1.42. The van der Waals surface area contributed by atoms with Gasteiger partial charge in [0.1, 0.15) is 12.6 Å². The summed E-state index contributed by atoms with van der Waals surface area (Å²) in [6.07, 6.45) is 0.971. The number of carboxylic acids is 1. The molecule has 0 aromatic heterocycles. The highest BCUT2D eigenvalue weighted by Crippen LogP contribution is 2.44. The number of rotatable bonds is 9. The maximum atomic E-state index is 13.2. The lowest BCUT2D eigenvalue weighted by atomic mass is 9.98. The number of carbonyl (C=O) groups is 3. The van der Waals surface area contributed by atoms with Crippen LogP contribution in [0.5, 0.6) is 0 Å². The summed E-state index contributed by atoms with van der Waals surface area (Å²) < 4.78 is 5.61. The van der Waals surface area contributed by atoms with Crippen molar-refractivity contribution in [2.24, 2.45) is 5.92 Å². The first-order valence-corrected chi connectivity index (χ1v) is 11.5. The normalized spacial score (nSPS) is 15.5. The van der Waals surface area contributed by atoms with Crippen molar-refractivity contribution >= 4 is 18.0 Å². The Kier molecular flexibility index (Phi) is 6.67. The number of fused-ring (bicyclic) bond motifs is 3. The molecule has 1 saturated carbocycles. The number of amides is 2. The molecule has 1 atom stereocenters. The lowest BCUT2D eigenvalue weighted by Crippen LogP contribution is -2.52. The van der Waals surface area contributed by atoms with Gasteiger partial charge in [-0.05, 0) is 41.0 Å². The number of carbonyl (C=O) groups excluding carboxylic acids is 2. The highest BCUT2D eigenvalue weighted by Gasteiger charge is 2.38. The molecule has 1 unspecified atom stereocenters. The first-order chi connectivity index (χ1) is 15.9. The van der Waals surface area contributed by atoms with Gasteiger partial charge in [0.25, 0.3) is 0 Å². The molecule has 1 fully saturated rings. The lowest BCUT2D eigenvalue weighted by molar-refractivity contribution is -0.139. The molecule has 0 spiro atoms. The average Bonchev–Trinajstić information content (AvgIpc) is 3.58. The molecular formula is C26H30N2O5. The molecule has 0 bridgehead atoms. The van der Waals surface area contributed by atoms with E-state index in [2.05, 4.69) is 29.6 Å². The number of nitrogens with zero attached hydrogens (tertiary/aromatic N) is 1. The van der Waals surface area contributed by atoms with Crippen LogP contribution in [0.4, 0.5) is 4.79 Å². The topological polar surface area (TPSA) is 95.9 Å². The smallest absolute Gasteiger partial charge is 0.407 e. The zero-order valence-corrected chi connectivity index (χ0v) is 19.0. The maximum Gasteiger partial charge on any atom is 0.407 e. The predicted molar refractivity (Wildman–Crippen MR) is 124 cm³/mol. The minimum absolute atomic E-state index is 0.0578. The van der Waals surface area contributed by atoms with Crippen molar-refractivity contribution in [2.75, 3.05) is 13.2 Å². The molecule has 7 nitrogen and oxygen atoms in total. The summed E-state index contributed by atoms with van der Waals surface area (Å²) in [5, 5.41) is 11.8. The van der Waals surface area contributed by atoms with Crippen LogP contribution in [0, 0.1) is 5.92 Å². The van der Waals surface area contributed by atoms with Crippen LogP contribution < -0.4 is 5.32 Å². The monoisotopic (exact) mass is 450 g/mol. The number of hydrogen-bond acceptors (Lipinski definition) is 4. The lowest BCUT2D eigenvalue weighted by Gasteiger charge is -2.29. The summed E-state index contributed by atoms with van der Waals surface area (Å²) in [5.74, 6) is -1.42. The molecule has 2 aliphatic rings. The molecular weight excluding hydrogens is 420 g/mol. The van der Waals surface area contributed by atoms with Crippen molar-refractivity contribution in [3.05, 3.63) is 59.7 Å². The summed E-state index contributed by atoms with van der Waals surface area (Å²) >= 11 is 0. The number of benzene rings is 2. The number of carboxylic acid groups (broad SMARTS) is 1. The first kappa shape index (κ1) is 22.8. The Morgan fingerprint density at radius 3 is 2.12 bits per heavy atom. The predicted octanol–water partition coefficient (Wildman–Crippen LogP) is 4.02. The van der Waals surface area contributed by atoms with E-state index in [1.54, 1.807) is 4.90 Å². The minimum atomic E-state index is -0.945. The highest BCUT2D eigenvalue weighted by molar-refractivity contribution is 5.87. The molecule has 0 radical (unpaired) electrons. The molecule has 4 rings (SSSR count). The van der Waals surface area contributed by atoms with Gasteiger partial charge in [-0.3, -0.25) is 9.59 Å². The second-order valence-electron chi connectivity index (χ2n) is 9.10. The van der Waals surface area contributed by atoms with Crippen LogP contribution in [0.2, 0.25) is 0 Å². The molecule has 2 aromatic rings. The van der Waals surface area contributed by atoms with Gasteiger partial charge in [-0.25, -0.2) is 4.79 Å². The second kappa shape index (κ2) is 9.65. The Morgan fingerprint density at radius 1 is 1.03 bits per heavy atom. The van der Waals surface area contributed by atoms with E-state index >= 15 is 0 Å². The molecule has 0 aliphatic heterocycles. The van der Waals surface area contributed by atoms with E-state index in [1.807, 2.05) is 38.1 Å². The van der Waals surface area contributed by atoms with Crippen LogP contribution in [-0.4, -0.2) is 53.2 Å². The number of alkyl carbamates (subject to hydrolysis) is 1. The second-order valence-corrected chi connectivity index (χ2v) is 9.10. The fourth-order valence-electron chi connectivity index (χ4n) is 4.53. The molecule has 174 valence electrons. The van der Waals surface area contributed by atoms with Gasteiger partial charge in [0.2, 0.25) is 5.91 Å². The van der Waals surface area contributed by atoms with E-state index in [4.69, 9.17) is 9.84 Å². The van der Waals surface area contributed by atoms with E-state index in [1.165, 1.54) is 0 Å². The van der Waals surface area contributed by atoms with Crippen LogP contribution in [0.1, 0.15) is 50.2 Å². The van der Waals surface area contributed by atoms with Gasteiger partial charge < -0.3 is 20.1 Å². The van der Waals surface area contributed by atoms with Gasteiger partial charge in [0, 0.05) is 18.5 Å². The van der Waals surface area contributed by atoms with E-state index in [0.717, 1.165) is 35.1 Å². The molecule has 2 aliphatic carbocycles. The van der Waals surface area contributed by atoms with E-state index in [0.29, 0.717) is 0 Å². The van der Waals surface area contributed by atoms with E-state index < -0.39 is 18.1 Å². The van der Waals surface area contributed by atoms with Crippen molar-refractivity contribution in [1.29, 1.82) is 0 Å². The molecule has 33 heavy (non-hydrogen) atoms. The molecule has 7 heteroatoms. The average molecular weight is 451 g/mol. The number of ether oxygens (including phenoxy) is 1. The summed E-state index contributed by atoms with van der Waals surface area (Å²) in [6, 6.07) is 15.5.